The third-order valence-electron chi connectivity index (χ3n) is 3.56. The van der Waals surface area contributed by atoms with Crippen LogP contribution in [0.15, 0.2) is 0 Å². The van der Waals surface area contributed by atoms with Crippen molar-refractivity contribution in [3.63, 3.8) is 0 Å². The van der Waals surface area contributed by atoms with E-state index in [1.54, 1.807) is 0 Å². The molecule has 0 saturated heterocycles. The smallest absolute Gasteiger partial charge is 0.0706 e. The Labute approximate surface area is 79.1 Å². The molecule has 2 heteroatoms. The molecule has 2 rings (SSSR count). The van der Waals surface area contributed by atoms with E-state index in [1.807, 2.05) is 0 Å². The molecule has 12 heavy (non-hydrogen) atoms. The van der Waals surface area contributed by atoms with Crippen molar-refractivity contribution in [3.8, 4) is 0 Å². The maximum absolute atomic E-state index is 9.58. The zero-order valence-electron chi connectivity index (χ0n) is 7.38. The van der Waals surface area contributed by atoms with E-state index >= 15 is 0 Å². The van der Waals surface area contributed by atoms with Crippen molar-refractivity contribution in [2.24, 2.45) is 11.8 Å². The normalized spacial score (nSPS) is 48.5. The molecule has 70 valence electrons. The summed E-state index contributed by atoms with van der Waals surface area (Å²) in [4.78, 5) is 0. The Hall–Kier alpha value is 0.250. The lowest BCUT2D eigenvalue weighted by Gasteiger charge is -2.39. The molecule has 1 nitrogen and oxygen atoms in total. The first-order chi connectivity index (χ1) is 5.77. The SMILES string of the molecule is O[C@H]1CC2CCCCC2C[C@@H]1Cl. The number of hydrogen-bond donors (Lipinski definition) is 1. The highest BCUT2D eigenvalue weighted by atomic mass is 35.5. The van der Waals surface area contributed by atoms with Gasteiger partial charge in [-0.1, -0.05) is 25.7 Å². The summed E-state index contributed by atoms with van der Waals surface area (Å²) in [5.74, 6) is 1.60. The van der Waals surface area contributed by atoms with Crippen LogP contribution in [0.3, 0.4) is 0 Å². The molecular formula is C10H17ClO. The molecular weight excluding hydrogens is 172 g/mol. The van der Waals surface area contributed by atoms with Crippen LogP contribution in [0.1, 0.15) is 38.5 Å². The Balaban J connectivity index is 1.98. The average molecular weight is 189 g/mol. The van der Waals surface area contributed by atoms with Crippen LogP contribution in [-0.2, 0) is 0 Å². The minimum absolute atomic E-state index is 0.0318. The van der Waals surface area contributed by atoms with Gasteiger partial charge in [0, 0.05) is 0 Å². The molecule has 0 aromatic carbocycles. The van der Waals surface area contributed by atoms with Crippen molar-refractivity contribution in [1.29, 1.82) is 0 Å². The lowest BCUT2D eigenvalue weighted by Crippen LogP contribution is -2.37. The van der Waals surface area contributed by atoms with Gasteiger partial charge in [-0.05, 0) is 24.7 Å². The maximum Gasteiger partial charge on any atom is 0.0706 e. The Morgan fingerprint density at radius 3 is 2.25 bits per heavy atom. The van der Waals surface area contributed by atoms with E-state index in [9.17, 15) is 5.11 Å². The molecule has 2 fully saturated rings. The molecule has 0 aromatic rings. The fourth-order valence-electron chi connectivity index (χ4n) is 2.81. The van der Waals surface area contributed by atoms with Gasteiger partial charge in [-0.15, -0.1) is 11.6 Å². The maximum atomic E-state index is 9.58. The second-order valence-corrected chi connectivity index (χ2v) is 4.92. The highest BCUT2D eigenvalue weighted by molar-refractivity contribution is 6.21. The fourth-order valence-corrected chi connectivity index (χ4v) is 3.14. The topological polar surface area (TPSA) is 20.2 Å². The summed E-state index contributed by atoms with van der Waals surface area (Å²) in [7, 11) is 0. The van der Waals surface area contributed by atoms with Gasteiger partial charge in [-0.3, -0.25) is 0 Å². The molecule has 2 saturated carbocycles. The van der Waals surface area contributed by atoms with Gasteiger partial charge in [0.1, 0.15) is 0 Å². The molecule has 0 spiro atoms. The predicted molar refractivity (Wildman–Crippen MR) is 50.3 cm³/mol. The Morgan fingerprint density at radius 1 is 1.00 bits per heavy atom. The van der Waals surface area contributed by atoms with Gasteiger partial charge < -0.3 is 5.11 Å². The second-order valence-electron chi connectivity index (χ2n) is 4.36. The first kappa shape index (κ1) is 8.83. The number of hydrogen-bond acceptors (Lipinski definition) is 1. The number of alkyl halides is 1. The van der Waals surface area contributed by atoms with Gasteiger partial charge in [0.15, 0.2) is 0 Å². The van der Waals surface area contributed by atoms with Crippen molar-refractivity contribution in [2.45, 2.75) is 50.0 Å². The molecule has 0 aromatic heterocycles. The molecule has 2 unspecified atom stereocenters. The van der Waals surface area contributed by atoms with Crippen LogP contribution < -0.4 is 0 Å². The molecule has 0 heterocycles. The zero-order valence-corrected chi connectivity index (χ0v) is 8.13. The summed E-state index contributed by atoms with van der Waals surface area (Å²) in [6.45, 7) is 0. The van der Waals surface area contributed by atoms with Gasteiger partial charge in [0.2, 0.25) is 0 Å². The van der Waals surface area contributed by atoms with Gasteiger partial charge in [0.05, 0.1) is 11.5 Å². The van der Waals surface area contributed by atoms with Crippen LogP contribution in [0.4, 0.5) is 0 Å². The lowest BCUT2D eigenvalue weighted by molar-refractivity contribution is 0.0529. The molecule has 0 amide bonds. The molecule has 0 radical (unpaired) electrons. The fraction of sp³-hybridized carbons (Fsp3) is 1.00. The third-order valence-corrected chi connectivity index (χ3v) is 4.03. The van der Waals surface area contributed by atoms with Gasteiger partial charge in [-0.25, -0.2) is 0 Å². The van der Waals surface area contributed by atoms with Crippen LogP contribution in [-0.4, -0.2) is 16.6 Å². The Kier molecular flexibility index (Phi) is 2.61. The van der Waals surface area contributed by atoms with E-state index < -0.39 is 0 Å². The van der Waals surface area contributed by atoms with E-state index in [1.165, 1.54) is 25.7 Å². The first-order valence-corrected chi connectivity index (χ1v) is 5.53. The molecule has 2 aliphatic carbocycles. The molecule has 4 atom stereocenters. The summed E-state index contributed by atoms with van der Waals surface area (Å²) in [5, 5.41) is 9.62. The van der Waals surface area contributed by atoms with E-state index in [0.29, 0.717) is 0 Å². The van der Waals surface area contributed by atoms with E-state index in [2.05, 4.69) is 0 Å². The quantitative estimate of drug-likeness (QED) is 0.580. The number of halogens is 1. The van der Waals surface area contributed by atoms with E-state index in [-0.39, 0.29) is 11.5 Å². The van der Waals surface area contributed by atoms with Gasteiger partial charge in [-0.2, -0.15) is 0 Å². The van der Waals surface area contributed by atoms with Crippen LogP contribution in [0.25, 0.3) is 0 Å². The summed E-state index contributed by atoms with van der Waals surface area (Å²) >= 11 is 6.04. The average Bonchev–Trinajstić information content (AvgIpc) is 2.07. The number of aliphatic hydroxyl groups excluding tert-OH is 1. The van der Waals surface area contributed by atoms with Crippen molar-refractivity contribution in [2.75, 3.05) is 0 Å². The summed E-state index contributed by atoms with van der Waals surface area (Å²) in [5.41, 5.74) is 0. The Bertz CT molecular complexity index is 142. The van der Waals surface area contributed by atoms with E-state index in [0.717, 1.165) is 24.7 Å². The van der Waals surface area contributed by atoms with Crippen LogP contribution in [0.2, 0.25) is 0 Å². The van der Waals surface area contributed by atoms with Gasteiger partial charge >= 0.3 is 0 Å². The minimum atomic E-state index is -0.231. The zero-order chi connectivity index (χ0) is 8.55. The van der Waals surface area contributed by atoms with Crippen molar-refractivity contribution in [3.05, 3.63) is 0 Å². The summed E-state index contributed by atoms with van der Waals surface area (Å²) < 4.78 is 0. The van der Waals surface area contributed by atoms with Crippen LogP contribution >= 0.6 is 11.6 Å². The lowest BCUT2D eigenvalue weighted by atomic mass is 9.70. The van der Waals surface area contributed by atoms with Crippen molar-refractivity contribution >= 4 is 11.6 Å². The number of aliphatic hydroxyl groups is 1. The highest BCUT2D eigenvalue weighted by Crippen LogP contribution is 2.41. The molecule has 0 bridgehead atoms. The first-order valence-electron chi connectivity index (χ1n) is 5.09. The predicted octanol–water partition coefficient (Wildman–Crippen LogP) is 2.55. The summed E-state index contributed by atoms with van der Waals surface area (Å²) in [6.07, 6.45) is 7.19. The van der Waals surface area contributed by atoms with Crippen molar-refractivity contribution < 1.29 is 5.11 Å². The minimum Gasteiger partial charge on any atom is -0.392 e. The second kappa shape index (κ2) is 3.55. The molecule has 0 aliphatic heterocycles. The summed E-state index contributed by atoms with van der Waals surface area (Å²) in [6, 6.07) is 0. The Morgan fingerprint density at radius 2 is 1.58 bits per heavy atom. The third kappa shape index (κ3) is 1.62. The standard InChI is InChI=1S/C10H17ClO/c11-9-5-7-3-1-2-4-8(7)6-10(9)12/h7-10,12H,1-6H2/t7?,8?,9-,10-/m0/s1. The van der Waals surface area contributed by atoms with Gasteiger partial charge in [0.25, 0.3) is 0 Å². The monoisotopic (exact) mass is 188 g/mol. The highest BCUT2D eigenvalue weighted by Gasteiger charge is 2.36. The van der Waals surface area contributed by atoms with Crippen LogP contribution in [0.5, 0.6) is 0 Å². The largest absolute Gasteiger partial charge is 0.392 e. The number of rotatable bonds is 0. The van der Waals surface area contributed by atoms with Crippen LogP contribution in [0, 0.1) is 11.8 Å². The van der Waals surface area contributed by atoms with E-state index in [4.69, 9.17) is 11.6 Å². The van der Waals surface area contributed by atoms with Crippen molar-refractivity contribution in [1.82, 2.24) is 0 Å². The molecule has 1 N–H and O–H groups in total. The number of fused-ring (bicyclic) bond motifs is 1. The molecule has 2 aliphatic rings.